The number of allylic oxidation sites excluding steroid dienone is 10. The molecule has 0 spiro atoms. The molecule has 17 nitrogen and oxygen atoms in total. The molecule has 3 N–H and O–H groups in total. The molecule has 560 valence electrons. The van der Waals surface area contributed by atoms with Crippen LogP contribution in [0.1, 0.15) is 349 Å². The summed E-state index contributed by atoms with van der Waals surface area (Å²) in [7, 11) is -9.94. The SMILES string of the molecule is CC/C=C\C/C=C\C/C=C\C/C=C\CCCCCCC(=O)OCC(COP(=O)(O)OCC(O)COP(=O)(O)OCC(COC(=O)CCCCCCCCCCCCCCCCC)OC(=O)CCCCCCC/C=C\CCCCCC)OC(=O)CCCCCCCCCCCCC. The minimum Gasteiger partial charge on any atom is -0.462 e. The maximum atomic E-state index is 13.1. The van der Waals surface area contributed by atoms with Crippen LogP contribution in [-0.2, 0) is 65.4 Å². The topological polar surface area (TPSA) is 237 Å². The van der Waals surface area contributed by atoms with Crippen molar-refractivity contribution >= 4 is 39.5 Å². The van der Waals surface area contributed by atoms with E-state index in [-0.39, 0.29) is 25.7 Å². The van der Waals surface area contributed by atoms with Crippen LogP contribution in [0, 0.1) is 0 Å². The molecule has 0 saturated heterocycles. The van der Waals surface area contributed by atoms with Crippen LogP contribution in [0.3, 0.4) is 0 Å². The van der Waals surface area contributed by atoms with Crippen molar-refractivity contribution in [2.45, 2.75) is 367 Å². The second-order valence-electron chi connectivity index (χ2n) is 25.9. The molecule has 0 bridgehead atoms. The Morgan fingerprint density at radius 1 is 0.302 bits per heavy atom. The van der Waals surface area contributed by atoms with E-state index in [1.54, 1.807) is 0 Å². The predicted molar refractivity (Wildman–Crippen MR) is 390 cm³/mol. The van der Waals surface area contributed by atoms with Crippen LogP contribution in [0.25, 0.3) is 0 Å². The van der Waals surface area contributed by atoms with Gasteiger partial charge in [-0.25, -0.2) is 9.13 Å². The van der Waals surface area contributed by atoms with Gasteiger partial charge in [0.2, 0.25) is 0 Å². The van der Waals surface area contributed by atoms with Gasteiger partial charge in [0.15, 0.2) is 12.2 Å². The molecule has 0 fully saturated rings. The highest BCUT2D eigenvalue weighted by atomic mass is 31.2. The first-order chi connectivity index (χ1) is 46.7. The third kappa shape index (κ3) is 69.2. The van der Waals surface area contributed by atoms with Crippen LogP contribution in [0.5, 0.6) is 0 Å². The van der Waals surface area contributed by atoms with E-state index in [9.17, 15) is 43.2 Å². The number of esters is 4. The lowest BCUT2D eigenvalue weighted by Gasteiger charge is -2.21. The second-order valence-corrected chi connectivity index (χ2v) is 28.8. The summed E-state index contributed by atoms with van der Waals surface area (Å²) in [5, 5.41) is 10.6. The van der Waals surface area contributed by atoms with Crippen molar-refractivity contribution in [2.24, 2.45) is 0 Å². The van der Waals surface area contributed by atoms with E-state index >= 15 is 0 Å². The maximum absolute atomic E-state index is 13.1. The van der Waals surface area contributed by atoms with E-state index in [0.717, 1.165) is 135 Å². The van der Waals surface area contributed by atoms with Gasteiger partial charge in [0.25, 0.3) is 0 Å². The fraction of sp³-hybridized carbons (Fsp3) is 0.818. The minimum atomic E-state index is -4.97. The standard InChI is InChI=1S/C77H140O17P2/c1-5-9-13-17-21-25-29-32-34-35-37-40-43-46-50-54-58-62-75(80)87-67-72(93-76(81)63-59-55-51-47-41-28-24-20-16-12-8-4)69-91-95(83,84)89-65-71(78)66-90-96(85,86)92-70-73(94-77(82)64-60-56-52-48-44-38-31-27-23-19-15-11-7-3)68-88-74(79)61-57-53-49-45-42-39-36-33-30-26-22-18-14-10-6-2/h9,13,21,25,27,31-32,34,37,40,71-73,78H,5-8,10-12,14-20,22-24,26,28-30,33,35-36,38-39,41-70H2,1-4H3,(H,83,84)(H,85,86)/b13-9-,25-21-,31-27-,34-32-,40-37-. The van der Waals surface area contributed by atoms with Gasteiger partial charge in [-0.1, -0.05) is 294 Å². The first kappa shape index (κ1) is 92.8. The van der Waals surface area contributed by atoms with Gasteiger partial charge in [0, 0.05) is 25.7 Å². The van der Waals surface area contributed by atoms with Crippen molar-refractivity contribution in [3.05, 3.63) is 60.8 Å². The summed E-state index contributed by atoms with van der Waals surface area (Å²) < 4.78 is 68.4. The van der Waals surface area contributed by atoms with E-state index in [0.29, 0.717) is 25.7 Å². The van der Waals surface area contributed by atoms with Gasteiger partial charge in [-0.05, 0) is 89.9 Å². The van der Waals surface area contributed by atoms with Gasteiger partial charge in [-0.2, -0.15) is 0 Å². The molecule has 0 aromatic rings. The summed E-state index contributed by atoms with van der Waals surface area (Å²) in [6.07, 6.45) is 67.8. The molecule has 0 rings (SSSR count). The van der Waals surface area contributed by atoms with E-state index in [1.165, 1.54) is 135 Å². The normalized spacial score (nSPS) is 14.3. The summed E-state index contributed by atoms with van der Waals surface area (Å²) >= 11 is 0. The number of aliphatic hydroxyl groups is 1. The second kappa shape index (κ2) is 70.2. The third-order valence-electron chi connectivity index (χ3n) is 16.5. The number of phosphoric ester groups is 2. The quantitative estimate of drug-likeness (QED) is 0.0169. The number of hydrogen-bond donors (Lipinski definition) is 3. The van der Waals surface area contributed by atoms with Crippen LogP contribution in [0.4, 0.5) is 0 Å². The van der Waals surface area contributed by atoms with Gasteiger partial charge >= 0.3 is 39.5 Å². The highest BCUT2D eigenvalue weighted by Gasteiger charge is 2.30. The van der Waals surface area contributed by atoms with Crippen LogP contribution in [0.2, 0.25) is 0 Å². The molecular weight excluding hydrogens is 1260 g/mol. The molecule has 5 unspecified atom stereocenters. The molecule has 0 aliphatic rings. The largest absolute Gasteiger partial charge is 0.472 e. The number of aliphatic hydroxyl groups excluding tert-OH is 1. The van der Waals surface area contributed by atoms with Crippen LogP contribution in [0.15, 0.2) is 60.8 Å². The van der Waals surface area contributed by atoms with Crippen LogP contribution in [-0.4, -0.2) is 96.7 Å². The molecule has 96 heavy (non-hydrogen) atoms. The summed E-state index contributed by atoms with van der Waals surface area (Å²) in [5.74, 6) is -2.18. The average Bonchev–Trinajstić information content (AvgIpc) is 1.13. The van der Waals surface area contributed by atoms with Crippen molar-refractivity contribution in [2.75, 3.05) is 39.6 Å². The lowest BCUT2D eigenvalue weighted by atomic mass is 10.0. The summed E-state index contributed by atoms with van der Waals surface area (Å²) in [6.45, 7) is 4.76. The Labute approximate surface area is 584 Å². The Hall–Kier alpha value is -3.24. The number of phosphoric acid groups is 2. The average molecular weight is 1400 g/mol. The van der Waals surface area contributed by atoms with Gasteiger partial charge in [-0.3, -0.25) is 37.3 Å². The van der Waals surface area contributed by atoms with Gasteiger partial charge in [-0.15, -0.1) is 0 Å². The predicted octanol–water partition coefficient (Wildman–Crippen LogP) is 21.9. The molecule has 0 amide bonds. The van der Waals surface area contributed by atoms with E-state index in [1.807, 2.05) is 0 Å². The Balaban J connectivity index is 5.30. The molecular formula is C77H140O17P2. The molecule has 0 aromatic carbocycles. The van der Waals surface area contributed by atoms with Crippen molar-refractivity contribution in [3.8, 4) is 0 Å². The number of hydrogen-bond acceptors (Lipinski definition) is 15. The number of carbonyl (C=O) groups is 4. The van der Waals surface area contributed by atoms with E-state index in [4.69, 9.17) is 37.0 Å². The van der Waals surface area contributed by atoms with Crippen LogP contribution < -0.4 is 0 Å². The van der Waals surface area contributed by atoms with Gasteiger partial charge in [0.05, 0.1) is 26.4 Å². The van der Waals surface area contributed by atoms with Crippen molar-refractivity contribution in [3.63, 3.8) is 0 Å². The van der Waals surface area contributed by atoms with Crippen molar-refractivity contribution in [1.29, 1.82) is 0 Å². The molecule has 5 atom stereocenters. The minimum absolute atomic E-state index is 0.0904. The highest BCUT2D eigenvalue weighted by molar-refractivity contribution is 7.47. The molecule has 0 saturated carbocycles. The summed E-state index contributed by atoms with van der Waals surface area (Å²) in [5.41, 5.74) is 0. The van der Waals surface area contributed by atoms with Gasteiger partial charge in [0.1, 0.15) is 19.3 Å². The highest BCUT2D eigenvalue weighted by Crippen LogP contribution is 2.45. The van der Waals surface area contributed by atoms with Crippen molar-refractivity contribution in [1.82, 2.24) is 0 Å². The third-order valence-corrected chi connectivity index (χ3v) is 18.4. The molecule has 0 aromatic heterocycles. The number of unbranched alkanes of at least 4 members (excludes halogenated alkanes) is 37. The van der Waals surface area contributed by atoms with E-state index in [2.05, 4.69) is 88.5 Å². The summed E-state index contributed by atoms with van der Waals surface area (Å²) in [4.78, 5) is 72.8. The smallest absolute Gasteiger partial charge is 0.462 e. The zero-order valence-electron chi connectivity index (χ0n) is 61.1. The van der Waals surface area contributed by atoms with Gasteiger partial charge < -0.3 is 33.8 Å². The first-order valence-corrected chi connectivity index (χ1v) is 41.5. The lowest BCUT2D eigenvalue weighted by Crippen LogP contribution is -2.30. The number of rotatable bonds is 73. The first-order valence-electron chi connectivity index (χ1n) is 38.5. The molecule has 19 heteroatoms. The molecule has 0 heterocycles. The Morgan fingerprint density at radius 3 is 0.854 bits per heavy atom. The van der Waals surface area contributed by atoms with E-state index < -0.39 is 97.5 Å². The lowest BCUT2D eigenvalue weighted by molar-refractivity contribution is -0.161. The molecule has 0 aliphatic carbocycles. The molecule has 0 radical (unpaired) electrons. The Kier molecular flexibility index (Phi) is 67.8. The fourth-order valence-corrected chi connectivity index (χ4v) is 12.2. The maximum Gasteiger partial charge on any atom is 0.472 e. The zero-order chi connectivity index (χ0) is 70.4. The Bertz CT molecular complexity index is 2060. The molecule has 0 aliphatic heterocycles. The fourth-order valence-electron chi connectivity index (χ4n) is 10.6. The van der Waals surface area contributed by atoms with Crippen LogP contribution >= 0.6 is 15.6 Å². The monoisotopic (exact) mass is 1400 g/mol. The number of carbonyl (C=O) groups excluding carboxylic acids is 4. The number of ether oxygens (including phenoxy) is 4. The zero-order valence-corrected chi connectivity index (χ0v) is 62.8. The summed E-state index contributed by atoms with van der Waals surface area (Å²) in [6, 6.07) is 0. The Morgan fingerprint density at radius 2 is 0.542 bits per heavy atom. The van der Waals surface area contributed by atoms with Crippen molar-refractivity contribution < 1.29 is 80.2 Å².